The number of ether oxygens (including phenoxy) is 2. The Kier molecular flexibility index (Phi) is 6.22. The van der Waals surface area contributed by atoms with Crippen molar-refractivity contribution in [2.75, 3.05) is 38.7 Å². The minimum Gasteiger partial charge on any atom is -0.496 e. The smallest absolute Gasteiger partial charge is 0.321 e. The van der Waals surface area contributed by atoms with Crippen LogP contribution in [0.3, 0.4) is 0 Å². The molecule has 0 aliphatic carbocycles. The summed E-state index contributed by atoms with van der Waals surface area (Å²) in [4.78, 5) is 28.1. The van der Waals surface area contributed by atoms with E-state index in [0.717, 1.165) is 11.1 Å². The zero-order chi connectivity index (χ0) is 26.1. The van der Waals surface area contributed by atoms with E-state index in [-0.39, 0.29) is 18.1 Å². The van der Waals surface area contributed by atoms with Gasteiger partial charge in [-0.25, -0.2) is 4.79 Å². The molecule has 0 radical (unpaired) electrons. The molecular formula is C28H26N6O4. The molecule has 10 heteroatoms. The Morgan fingerprint density at radius 3 is 2.63 bits per heavy atom. The van der Waals surface area contributed by atoms with Gasteiger partial charge in [0.15, 0.2) is 5.82 Å². The molecule has 1 fully saturated rings. The lowest BCUT2D eigenvalue weighted by Gasteiger charge is -2.27. The number of urea groups is 1. The van der Waals surface area contributed by atoms with E-state index in [1.54, 1.807) is 22.6 Å². The van der Waals surface area contributed by atoms with Crippen molar-refractivity contribution in [2.24, 2.45) is 0 Å². The molecule has 6 rings (SSSR count). The number of hydrogen-bond acceptors (Lipinski definition) is 6. The van der Waals surface area contributed by atoms with Gasteiger partial charge in [-0.3, -0.25) is 13.8 Å². The van der Waals surface area contributed by atoms with Crippen molar-refractivity contribution < 1.29 is 14.3 Å². The predicted octanol–water partition coefficient (Wildman–Crippen LogP) is 3.63. The summed E-state index contributed by atoms with van der Waals surface area (Å²) >= 11 is 0. The SMILES string of the molecule is COc1ccccc1-c1nnc2n(Cc3cccc(NC(=O)N4CCOCC4)c3)c(=O)c3ccccc3n12. The Labute approximate surface area is 218 Å². The first-order valence-electron chi connectivity index (χ1n) is 12.4. The van der Waals surface area contributed by atoms with E-state index in [1.807, 2.05) is 71.1 Å². The van der Waals surface area contributed by atoms with Gasteiger partial charge in [-0.2, -0.15) is 0 Å². The van der Waals surface area contributed by atoms with Gasteiger partial charge in [0, 0.05) is 18.8 Å². The van der Waals surface area contributed by atoms with Crippen LogP contribution in [0.5, 0.6) is 5.75 Å². The summed E-state index contributed by atoms with van der Waals surface area (Å²) < 4.78 is 14.4. The van der Waals surface area contributed by atoms with E-state index in [1.165, 1.54) is 0 Å². The number of anilines is 1. The van der Waals surface area contributed by atoms with Gasteiger partial charge in [0.2, 0.25) is 5.78 Å². The highest BCUT2D eigenvalue weighted by Crippen LogP contribution is 2.30. The lowest BCUT2D eigenvalue weighted by atomic mass is 10.1. The second-order valence-electron chi connectivity index (χ2n) is 9.00. The molecule has 3 heterocycles. The zero-order valence-corrected chi connectivity index (χ0v) is 20.8. The fourth-order valence-corrected chi connectivity index (χ4v) is 4.80. The van der Waals surface area contributed by atoms with Crippen molar-refractivity contribution in [2.45, 2.75) is 6.54 Å². The van der Waals surface area contributed by atoms with Crippen molar-refractivity contribution in [1.29, 1.82) is 0 Å². The van der Waals surface area contributed by atoms with Crippen LogP contribution in [0.4, 0.5) is 10.5 Å². The normalized spacial score (nSPS) is 13.7. The summed E-state index contributed by atoms with van der Waals surface area (Å²) in [6.45, 7) is 2.42. The van der Waals surface area contributed by atoms with Gasteiger partial charge < -0.3 is 19.7 Å². The number of para-hydroxylation sites is 2. The van der Waals surface area contributed by atoms with Gasteiger partial charge >= 0.3 is 6.03 Å². The minimum atomic E-state index is -0.172. The number of hydrogen-bond donors (Lipinski definition) is 1. The second-order valence-corrected chi connectivity index (χ2v) is 9.00. The first-order chi connectivity index (χ1) is 18.6. The molecule has 0 spiro atoms. The van der Waals surface area contributed by atoms with Gasteiger partial charge in [-0.15, -0.1) is 10.2 Å². The number of aromatic nitrogens is 4. The molecule has 3 aromatic carbocycles. The summed E-state index contributed by atoms with van der Waals surface area (Å²) in [5.74, 6) is 1.65. The minimum absolute atomic E-state index is 0.171. The zero-order valence-electron chi connectivity index (χ0n) is 20.8. The molecule has 192 valence electrons. The fraction of sp³-hybridized carbons (Fsp3) is 0.214. The molecule has 1 saturated heterocycles. The van der Waals surface area contributed by atoms with E-state index >= 15 is 0 Å². The van der Waals surface area contributed by atoms with Crippen molar-refractivity contribution in [1.82, 2.24) is 24.1 Å². The van der Waals surface area contributed by atoms with Crippen LogP contribution in [0.15, 0.2) is 77.6 Å². The molecule has 5 aromatic rings. The molecule has 0 atom stereocenters. The number of amides is 2. The molecular weight excluding hydrogens is 484 g/mol. The van der Waals surface area contributed by atoms with Crippen molar-refractivity contribution in [3.63, 3.8) is 0 Å². The van der Waals surface area contributed by atoms with E-state index in [9.17, 15) is 9.59 Å². The molecule has 2 aromatic heterocycles. The Balaban J connectivity index is 1.42. The number of benzene rings is 3. The fourth-order valence-electron chi connectivity index (χ4n) is 4.80. The third-order valence-electron chi connectivity index (χ3n) is 6.67. The molecule has 1 N–H and O–H groups in total. The second kappa shape index (κ2) is 9.98. The van der Waals surface area contributed by atoms with Gasteiger partial charge in [-0.05, 0) is 42.0 Å². The molecule has 1 aliphatic rings. The van der Waals surface area contributed by atoms with E-state index in [4.69, 9.17) is 9.47 Å². The topological polar surface area (TPSA) is 103 Å². The lowest BCUT2D eigenvalue weighted by Crippen LogP contribution is -2.43. The number of nitrogens with one attached hydrogen (secondary N) is 1. The number of carbonyl (C=O) groups is 1. The first-order valence-corrected chi connectivity index (χ1v) is 12.4. The molecule has 38 heavy (non-hydrogen) atoms. The highest BCUT2D eigenvalue weighted by Gasteiger charge is 2.20. The molecule has 10 nitrogen and oxygen atoms in total. The third kappa shape index (κ3) is 4.24. The van der Waals surface area contributed by atoms with Gasteiger partial charge in [0.25, 0.3) is 5.56 Å². The van der Waals surface area contributed by atoms with Gasteiger partial charge in [0.05, 0.1) is 43.3 Å². The van der Waals surface area contributed by atoms with Crippen LogP contribution in [0.2, 0.25) is 0 Å². The summed E-state index contributed by atoms with van der Waals surface area (Å²) in [5.41, 5.74) is 2.80. The summed E-state index contributed by atoms with van der Waals surface area (Å²) in [7, 11) is 1.61. The van der Waals surface area contributed by atoms with Crippen LogP contribution in [-0.4, -0.2) is 63.5 Å². The number of rotatable bonds is 5. The van der Waals surface area contributed by atoms with E-state index in [0.29, 0.717) is 60.2 Å². The average Bonchev–Trinajstić information content (AvgIpc) is 3.41. The Bertz CT molecular complexity index is 1700. The summed E-state index contributed by atoms with van der Waals surface area (Å²) in [5, 5.41) is 12.4. The largest absolute Gasteiger partial charge is 0.496 e. The van der Waals surface area contributed by atoms with Gasteiger partial charge in [0.1, 0.15) is 5.75 Å². The number of carbonyl (C=O) groups excluding carboxylic acids is 1. The van der Waals surface area contributed by atoms with Crippen LogP contribution in [0.25, 0.3) is 28.1 Å². The molecule has 0 saturated carbocycles. The number of fused-ring (bicyclic) bond motifs is 3. The quantitative estimate of drug-likeness (QED) is 0.387. The Morgan fingerprint density at radius 2 is 1.79 bits per heavy atom. The maximum atomic E-state index is 13.7. The van der Waals surface area contributed by atoms with Crippen LogP contribution in [0.1, 0.15) is 5.56 Å². The molecule has 2 amide bonds. The maximum Gasteiger partial charge on any atom is 0.321 e. The van der Waals surface area contributed by atoms with E-state index < -0.39 is 0 Å². The van der Waals surface area contributed by atoms with Crippen molar-refractivity contribution >= 4 is 28.4 Å². The first kappa shape index (κ1) is 23.7. The molecule has 1 aliphatic heterocycles. The summed E-state index contributed by atoms with van der Waals surface area (Å²) in [6.07, 6.45) is 0. The number of morpholine rings is 1. The maximum absolute atomic E-state index is 13.7. The monoisotopic (exact) mass is 510 g/mol. The van der Waals surface area contributed by atoms with Crippen LogP contribution in [-0.2, 0) is 11.3 Å². The third-order valence-corrected chi connectivity index (χ3v) is 6.67. The Hall–Kier alpha value is -4.70. The van der Waals surface area contributed by atoms with Crippen LogP contribution < -0.4 is 15.6 Å². The number of methoxy groups -OCH3 is 1. The van der Waals surface area contributed by atoms with E-state index in [2.05, 4.69) is 15.5 Å². The van der Waals surface area contributed by atoms with Crippen LogP contribution in [0, 0.1) is 0 Å². The van der Waals surface area contributed by atoms with Crippen LogP contribution >= 0.6 is 0 Å². The highest BCUT2D eigenvalue weighted by molar-refractivity contribution is 5.89. The number of nitrogens with zero attached hydrogens (tertiary/aromatic N) is 5. The Morgan fingerprint density at radius 1 is 1.00 bits per heavy atom. The standard InChI is InChI=1S/C28H26N6O4/c1-37-24-12-5-3-10-22(24)25-30-31-27-33(26(35)21-9-2-4-11-23(21)34(25)27)18-19-7-6-8-20(17-19)29-28(36)32-13-15-38-16-14-32/h2-12,17H,13-16,18H2,1H3,(H,29,36). The van der Waals surface area contributed by atoms with Crippen molar-refractivity contribution in [3.8, 4) is 17.1 Å². The highest BCUT2D eigenvalue weighted by atomic mass is 16.5. The van der Waals surface area contributed by atoms with Gasteiger partial charge in [-0.1, -0.05) is 36.4 Å². The average molecular weight is 511 g/mol. The molecule has 0 bridgehead atoms. The predicted molar refractivity (Wildman–Crippen MR) is 144 cm³/mol. The van der Waals surface area contributed by atoms with Crippen molar-refractivity contribution in [3.05, 3.63) is 88.7 Å². The molecule has 0 unspecified atom stereocenters. The lowest BCUT2D eigenvalue weighted by molar-refractivity contribution is 0.0564. The summed E-state index contributed by atoms with van der Waals surface area (Å²) in [6, 6.07) is 22.3.